The van der Waals surface area contributed by atoms with Gasteiger partial charge in [-0.25, -0.2) is 4.39 Å². The summed E-state index contributed by atoms with van der Waals surface area (Å²) in [4.78, 5) is 13.5. The summed E-state index contributed by atoms with van der Waals surface area (Å²) in [7, 11) is 0. The van der Waals surface area contributed by atoms with Gasteiger partial charge in [-0.1, -0.05) is 30.3 Å². The fraction of sp³-hybridized carbons (Fsp3) is 0.192. The summed E-state index contributed by atoms with van der Waals surface area (Å²) >= 11 is 0. The summed E-state index contributed by atoms with van der Waals surface area (Å²) in [6, 6.07) is 19.9. The Kier molecular flexibility index (Phi) is 4.38. The number of allylic oxidation sites excluding steroid dienone is 1. The number of anilines is 2. The molecule has 1 aliphatic carbocycles. The van der Waals surface area contributed by atoms with E-state index in [4.69, 9.17) is 9.47 Å². The fourth-order valence-electron chi connectivity index (χ4n) is 4.81. The number of ether oxygens (including phenoxy) is 2. The molecule has 0 aromatic heterocycles. The first-order valence-electron chi connectivity index (χ1n) is 10.7. The predicted molar refractivity (Wildman–Crippen MR) is 119 cm³/mol. The van der Waals surface area contributed by atoms with Gasteiger partial charge in [0.1, 0.15) is 5.82 Å². The maximum atomic E-state index is 13.5. The normalized spacial score (nSPS) is 21.2. The van der Waals surface area contributed by atoms with Gasteiger partial charge in [0.05, 0.1) is 17.4 Å². The Morgan fingerprint density at radius 2 is 1.59 bits per heavy atom. The summed E-state index contributed by atoms with van der Waals surface area (Å²) in [6.07, 6.45) is 1.05. The molecule has 0 radical (unpaired) electrons. The molecule has 6 heteroatoms. The maximum Gasteiger partial charge on any atom is 0.231 e. The van der Waals surface area contributed by atoms with Crippen LogP contribution in [0.4, 0.5) is 15.8 Å². The van der Waals surface area contributed by atoms with E-state index in [9.17, 15) is 9.18 Å². The molecule has 0 saturated heterocycles. The lowest BCUT2D eigenvalue weighted by Gasteiger charge is -2.30. The molecule has 2 atom stereocenters. The molecule has 0 fully saturated rings. The smallest absolute Gasteiger partial charge is 0.231 e. The Balaban J connectivity index is 1.45. The summed E-state index contributed by atoms with van der Waals surface area (Å²) < 4.78 is 24.5. The standard InChI is InChI=1S/C26H21FN2O3/c27-18-8-5-15(6-9-18)17-11-21-25(22(30)12-17)26(29-20-4-2-1-3-19(20)28-21)16-7-10-23-24(13-16)32-14-31-23/h1-10,13,17,26,28-29H,11-12,14H2/t17-,26-/m1/s1. The van der Waals surface area contributed by atoms with Crippen molar-refractivity contribution in [3.05, 3.63) is 94.9 Å². The molecule has 6 rings (SSSR count). The molecule has 160 valence electrons. The molecule has 0 bridgehead atoms. The minimum absolute atomic E-state index is 0.00276. The predicted octanol–water partition coefficient (Wildman–Crippen LogP) is 5.53. The van der Waals surface area contributed by atoms with Crippen LogP contribution in [0.25, 0.3) is 0 Å². The van der Waals surface area contributed by atoms with Crippen LogP contribution in [0.15, 0.2) is 78.0 Å². The highest BCUT2D eigenvalue weighted by Gasteiger charge is 2.36. The van der Waals surface area contributed by atoms with Crippen molar-refractivity contribution < 1.29 is 18.7 Å². The van der Waals surface area contributed by atoms with Crippen LogP contribution in [0.1, 0.15) is 35.9 Å². The second kappa shape index (κ2) is 7.41. The zero-order valence-electron chi connectivity index (χ0n) is 17.2. The van der Waals surface area contributed by atoms with Gasteiger partial charge in [0.25, 0.3) is 0 Å². The van der Waals surface area contributed by atoms with E-state index in [-0.39, 0.29) is 30.4 Å². The van der Waals surface area contributed by atoms with Crippen LogP contribution < -0.4 is 20.1 Å². The Morgan fingerprint density at radius 3 is 2.44 bits per heavy atom. The Bertz CT molecular complexity index is 1250. The second-order valence-electron chi connectivity index (χ2n) is 8.33. The Labute approximate surface area is 184 Å². The quantitative estimate of drug-likeness (QED) is 0.562. The van der Waals surface area contributed by atoms with Gasteiger partial charge in [-0.15, -0.1) is 0 Å². The van der Waals surface area contributed by atoms with Crippen molar-refractivity contribution in [2.75, 3.05) is 17.4 Å². The van der Waals surface area contributed by atoms with Crippen molar-refractivity contribution in [2.24, 2.45) is 0 Å². The van der Waals surface area contributed by atoms with E-state index in [0.29, 0.717) is 24.3 Å². The van der Waals surface area contributed by atoms with E-state index in [1.807, 2.05) is 42.5 Å². The van der Waals surface area contributed by atoms with Crippen molar-refractivity contribution in [1.29, 1.82) is 0 Å². The van der Waals surface area contributed by atoms with Crippen LogP contribution in [0.2, 0.25) is 0 Å². The highest BCUT2D eigenvalue weighted by atomic mass is 19.1. The van der Waals surface area contributed by atoms with E-state index < -0.39 is 0 Å². The highest BCUT2D eigenvalue weighted by molar-refractivity contribution is 6.01. The molecule has 0 unspecified atom stereocenters. The van der Waals surface area contributed by atoms with Crippen molar-refractivity contribution in [3.63, 3.8) is 0 Å². The molecule has 2 aliphatic heterocycles. The average molecular weight is 428 g/mol. The van der Waals surface area contributed by atoms with Crippen LogP contribution >= 0.6 is 0 Å². The topological polar surface area (TPSA) is 59.6 Å². The SMILES string of the molecule is O=C1C[C@H](c2ccc(F)cc2)CC2=C1[C@@H](c1ccc3c(c1)OCO3)Nc1ccccc1N2. The number of para-hydroxylation sites is 2. The van der Waals surface area contributed by atoms with Gasteiger partial charge in [-0.2, -0.15) is 0 Å². The van der Waals surface area contributed by atoms with Gasteiger partial charge in [-0.3, -0.25) is 4.79 Å². The summed E-state index contributed by atoms with van der Waals surface area (Å²) in [6.45, 7) is 0.202. The van der Waals surface area contributed by atoms with Gasteiger partial charge in [0.2, 0.25) is 6.79 Å². The molecule has 5 nitrogen and oxygen atoms in total. The maximum absolute atomic E-state index is 13.5. The molecule has 0 saturated carbocycles. The van der Waals surface area contributed by atoms with Gasteiger partial charge in [-0.05, 0) is 59.9 Å². The lowest BCUT2D eigenvalue weighted by atomic mass is 9.78. The molecule has 0 spiro atoms. The minimum atomic E-state index is -0.322. The van der Waals surface area contributed by atoms with E-state index >= 15 is 0 Å². The fourth-order valence-corrected chi connectivity index (χ4v) is 4.81. The summed E-state index contributed by atoms with van der Waals surface area (Å²) in [5.74, 6) is 1.20. The third kappa shape index (κ3) is 3.19. The van der Waals surface area contributed by atoms with Crippen molar-refractivity contribution in [2.45, 2.75) is 24.8 Å². The second-order valence-corrected chi connectivity index (χ2v) is 8.33. The first-order valence-corrected chi connectivity index (χ1v) is 10.7. The van der Waals surface area contributed by atoms with E-state index in [1.165, 1.54) is 12.1 Å². The highest BCUT2D eigenvalue weighted by Crippen LogP contribution is 2.45. The number of halogens is 1. The minimum Gasteiger partial charge on any atom is -0.454 e. The molecule has 0 amide bonds. The number of fused-ring (bicyclic) bond motifs is 2. The number of benzene rings is 3. The number of nitrogens with one attached hydrogen (secondary N) is 2. The van der Waals surface area contributed by atoms with E-state index in [0.717, 1.165) is 33.8 Å². The molecule has 32 heavy (non-hydrogen) atoms. The number of carbonyl (C=O) groups excluding carboxylic acids is 1. The number of hydrogen-bond donors (Lipinski definition) is 2. The number of hydrogen-bond acceptors (Lipinski definition) is 5. The Hall–Kier alpha value is -3.80. The molecular formula is C26H21FN2O3. The summed E-state index contributed by atoms with van der Waals surface area (Å²) in [5.41, 5.74) is 5.40. The van der Waals surface area contributed by atoms with Crippen LogP contribution in [-0.2, 0) is 4.79 Å². The Morgan fingerprint density at radius 1 is 0.844 bits per heavy atom. The van der Waals surface area contributed by atoms with Crippen LogP contribution in [0.3, 0.4) is 0 Å². The zero-order valence-corrected chi connectivity index (χ0v) is 17.2. The molecule has 3 aromatic rings. The number of rotatable bonds is 2. The molecule has 3 aromatic carbocycles. The van der Waals surface area contributed by atoms with Crippen LogP contribution in [0.5, 0.6) is 11.5 Å². The van der Waals surface area contributed by atoms with Gasteiger partial charge >= 0.3 is 0 Å². The lowest BCUT2D eigenvalue weighted by molar-refractivity contribution is -0.116. The lowest BCUT2D eigenvalue weighted by Crippen LogP contribution is -2.26. The largest absolute Gasteiger partial charge is 0.454 e. The van der Waals surface area contributed by atoms with Crippen molar-refractivity contribution in [3.8, 4) is 11.5 Å². The molecule has 2 heterocycles. The van der Waals surface area contributed by atoms with Crippen LogP contribution in [-0.4, -0.2) is 12.6 Å². The van der Waals surface area contributed by atoms with E-state index in [2.05, 4.69) is 10.6 Å². The third-order valence-corrected chi connectivity index (χ3v) is 6.38. The van der Waals surface area contributed by atoms with Crippen LogP contribution in [0, 0.1) is 5.82 Å². The number of carbonyl (C=O) groups is 1. The number of ketones is 1. The van der Waals surface area contributed by atoms with Crippen molar-refractivity contribution >= 4 is 17.2 Å². The monoisotopic (exact) mass is 428 g/mol. The van der Waals surface area contributed by atoms with Gasteiger partial charge in [0.15, 0.2) is 17.3 Å². The van der Waals surface area contributed by atoms with E-state index in [1.54, 1.807) is 12.1 Å². The van der Waals surface area contributed by atoms with Crippen molar-refractivity contribution in [1.82, 2.24) is 0 Å². The molecule has 2 N–H and O–H groups in total. The molecule has 3 aliphatic rings. The molecular weight excluding hydrogens is 407 g/mol. The summed E-state index contributed by atoms with van der Waals surface area (Å²) in [5, 5.41) is 7.09. The van der Waals surface area contributed by atoms with Gasteiger partial charge in [0, 0.05) is 17.7 Å². The first kappa shape index (κ1) is 18.9. The average Bonchev–Trinajstić information content (AvgIpc) is 3.20. The van der Waals surface area contributed by atoms with Gasteiger partial charge < -0.3 is 20.1 Å². The number of Topliss-reactive ketones (excluding diaryl/α,β-unsaturated/α-hetero) is 1. The zero-order chi connectivity index (χ0) is 21.7. The third-order valence-electron chi connectivity index (χ3n) is 6.38. The first-order chi connectivity index (χ1) is 15.7.